The lowest BCUT2D eigenvalue weighted by atomic mass is 9.98. The van der Waals surface area contributed by atoms with Crippen molar-refractivity contribution < 1.29 is 24.5 Å². The second-order valence-electron chi connectivity index (χ2n) is 8.65. The van der Waals surface area contributed by atoms with Crippen molar-refractivity contribution in [3.63, 3.8) is 0 Å². The maximum Gasteiger partial charge on any atom is 0.303 e. The van der Waals surface area contributed by atoms with Gasteiger partial charge < -0.3 is 31.3 Å². The number of amides is 1. The van der Waals surface area contributed by atoms with Crippen molar-refractivity contribution in [1.82, 2.24) is 4.98 Å². The minimum absolute atomic E-state index is 0.0634. The smallest absolute Gasteiger partial charge is 0.303 e. The number of carboxylic acid groups (broad SMARTS) is 1. The van der Waals surface area contributed by atoms with Crippen LogP contribution in [0.5, 0.6) is 5.75 Å². The van der Waals surface area contributed by atoms with E-state index in [-0.39, 0.29) is 43.8 Å². The fourth-order valence-electron chi connectivity index (χ4n) is 3.73. The van der Waals surface area contributed by atoms with E-state index in [1.54, 1.807) is 54.7 Å². The van der Waals surface area contributed by atoms with E-state index in [1.165, 1.54) is 0 Å². The second-order valence-corrected chi connectivity index (χ2v) is 8.65. The molecule has 1 aromatic heterocycles. The molecule has 0 atom stereocenters. The predicted octanol–water partition coefficient (Wildman–Crippen LogP) is 3.53. The summed E-state index contributed by atoms with van der Waals surface area (Å²) in [5.74, 6) is -0.518. The number of nitrogens with two attached hydrogens (primary N) is 1. The highest BCUT2D eigenvalue weighted by Gasteiger charge is 2.17. The van der Waals surface area contributed by atoms with Gasteiger partial charge in [0.05, 0.1) is 18.3 Å². The minimum atomic E-state index is -0.930. The zero-order chi connectivity index (χ0) is 26.9. The van der Waals surface area contributed by atoms with E-state index >= 15 is 0 Å². The van der Waals surface area contributed by atoms with Gasteiger partial charge in [-0.2, -0.15) is 0 Å². The number of carbonyl (C=O) groups is 2. The monoisotopic (exact) mass is 505 g/mol. The lowest BCUT2D eigenvalue weighted by molar-refractivity contribution is -0.136. The molecular formula is C27H31N5O5. The Hall–Kier alpha value is -4.44. The first kappa shape index (κ1) is 27.2. The molecule has 0 aliphatic rings. The van der Waals surface area contributed by atoms with E-state index < -0.39 is 5.97 Å². The molecule has 1 amide bonds. The van der Waals surface area contributed by atoms with Crippen LogP contribution in [0.15, 0.2) is 54.7 Å². The van der Waals surface area contributed by atoms with Crippen molar-refractivity contribution in [2.24, 2.45) is 5.73 Å². The Morgan fingerprint density at radius 1 is 1.16 bits per heavy atom. The van der Waals surface area contributed by atoms with Crippen LogP contribution in [-0.4, -0.2) is 39.0 Å². The van der Waals surface area contributed by atoms with Crippen LogP contribution in [0.25, 0.3) is 0 Å². The summed E-state index contributed by atoms with van der Waals surface area (Å²) in [4.78, 5) is 28.6. The highest BCUT2D eigenvalue weighted by molar-refractivity contribution is 6.07. The number of anilines is 2. The number of carboxylic acids is 1. The number of hydrogen-bond acceptors (Lipinski definition) is 7. The Bertz CT molecular complexity index is 1270. The minimum Gasteiger partial charge on any atom is -0.491 e. The third kappa shape index (κ3) is 7.52. The molecule has 0 spiro atoms. The van der Waals surface area contributed by atoms with Crippen LogP contribution in [0.4, 0.5) is 11.5 Å². The van der Waals surface area contributed by atoms with Crippen LogP contribution in [0.2, 0.25) is 0 Å². The summed E-state index contributed by atoms with van der Waals surface area (Å²) in [5, 5.41) is 32.5. The number of hydrogen-bond donors (Lipinski definition) is 6. The quantitative estimate of drug-likeness (QED) is 0.160. The van der Waals surface area contributed by atoms with Crippen molar-refractivity contribution >= 4 is 29.2 Å². The fraction of sp³-hybridized carbons (Fsp3) is 0.259. The number of benzene rings is 2. The maximum absolute atomic E-state index is 13.0. The molecule has 0 radical (unpaired) electrons. The summed E-state index contributed by atoms with van der Waals surface area (Å²) in [7, 11) is 0. The highest BCUT2D eigenvalue weighted by Crippen LogP contribution is 2.29. The van der Waals surface area contributed by atoms with Gasteiger partial charge in [0.15, 0.2) is 0 Å². The topological polar surface area (TPSA) is 171 Å². The molecule has 10 nitrogen and oxygen atoms in total. The molecule has 194 valence electrons. The molecule has 1 heterocycles. The van der Waals surface area contributed by atoms with Crippen molar-refractivity contribution in [1.29, 1.82) is 5.41 Å². The number of rotatable bonds is 12. The number of aliphatic hydroxyl groups excluding tert-OH is 1. The molecule has 0 fully saturated rings. The molecule has 3 rings (SSSR count). The number of pyridine rings is 1. The summed E-state index contributed by atoms with van der Waals surface area (Å²) < 4.78 is 5.93. The number of aliphatic hydroxyl groups is 1. The summed E-state index contributed by atoms with van der Waals surface area (Å²) in [5.41, 5.74) is 8.95. The van der Waals surface area contributed by atoms with Crippen LogP contribution in [0.3, 0.4) is 0 Å². The summed E-state index contributed by atoms with van der Waals surface area (Å²) in [6.07, 6.45) is 1.57. The number of nitrogen functional groups attached to an aromatic ring is 1. The number of nitrogens with zero attached hydrogens (tertiary/aromatic N) is 1. The van der Waals surface area contributed by atoms with Crippen LogP contribution in [-0.2, 0) is 24.4 Å². The predicted molar refractivity (Wildman–Crippen MR) is 141 cm³/mol. The third-order valence-electron chi connectivity index (χ3n) is 5.45. The molecule has 2 aromatic carbocycles. The van der Waals surface area contributed by atoms with E-state index in [0.29, 0.717) is 39.5 Å². The van der Waals surface area contributed by atoms with Gasteiger partial charge in [-0.3, -0.25) is 15.0 Å². The zero-order valence-electron chi connectivity index (χ0n) is 20.7. The number of ether oxygens (including phenoxy) is 1. The molecule has 10 heteroatoms. The molecule has 7 N–H and O–H groups in total. The second kappa shape index (κ2) is 12.5. The molecule has 3 aromatic rings. The van der Waals surface area contributed by atoms with Crippen LogP contribution in [0, 0.1) is 5.41 Å². The highest BCUT2D eigenvalue weighted by atomic mass is 16.5. The summed E-state index contributed by atoms with van der Waals surface area (Å²) >= 11 is 0. The molecule has 0 bridgehead atoms. The number of amidine groups is 1. The Morgan fingerprint density at radius 3 is 2.51 bits per heavy atom. The van der Waals surface area contributed by atoms with Gasteiger partial charge in [-0.1, -0.05) is 6.07 Å². The SMILES string of the molecule is CC(C)Oc1cc(CO)cc(CNc2ncccc2C(=O)Nc2ccc(C(=N)N)cc2)c1CCC(=O)O. The van der Waals surface area contributed by atoms with Gasteiger partial charge in [-0.05, 0) is 79.4 Å². The lowest BCUT2D eigenvalue weighted by Crippen LogP contribution is -2.17. The Labute approximate surface area is 215 Å². The number of carbonyl (C=O) groups excluding carboxylic acids is 1. The van der Waals surface area contributed by atoms with Crippen molar-refractivity contribution in [2.45, 2.75) is 45.9 Å². The third-order valence-corrected chi connectivity index (χ3v) is 5.45. The average molecular weight is 506 g/mol. The fourth-order valence-corrected chi connectivity index (χ4v) is 3.73. The zero-order valence-corrected chi connectivity index (χ0v) is 20.7. The van der Waals surface area contributed by atoms with Gasteiger partial charge in [-0.15, -0.1) is 0 Å². The number of aromatic nitrogens is 1. The van der Waals surface area contributed by atoms with E-state index in [4.69, 9.17) is 15.9 Å². The molecular weight excluding hydrogens is 474 g/mol. The van der Waals surface area contributed by atoms with Crippen molar-refractivity contribution in [3.8, 4) is 5.75 Å². The van der Waals surface area contributed by atoms with E-state index in [0.717, 1.165) is 5.56 Å². The van der Waals surface area contributed by atoms with Gasteiger partial charge >= 0.3 is 5.97 Å². The standard InChI is InChI=1S/C27H31N5O5/c1-16(2)37-23-13-17(15-33)12-19(21(23)9-10-24(34)35)14-31-26-22(4-3-11-30-26)27(36)32-20-7-5-18(6-8-20)25(28)29/h3-8,11-13,16,33H,9-10,14-15H2,1-2H3,(H3,28,29)(H,30,31)(H,32,36)(H,34,35). The van der Waals surface area contributed by atoms with Crippen LogP contribution < -0.4 is 21.1 Å². The molecule has 37 heavy (non-hydrogen) atoms. The largest absolute Gasteiger partial charge is 0.491 e. The molecule has 0 saturated carbocycles. The molecule has 0 aliphatic carbocycles. The first-order chi connectivity index (χ1) is 17.7. The molecule has 0 unspecified atom stereocenters. The first-order valence-corrected chi connectivity index (χ1v) is 11.8. The number of aliphatic carboxylic acids is 1. The van der Waals surface area contributed by atoms with E-state index in [1.807, 2.05) is 13.8 Å². The lowest BCUT2D eigenvalue weighted by Gasteiger charge is -2.20. The average Bonchev–Trinajstić information content (AvgIpc) is 2.86. The van der Waals surface area contributed by atoms with Gasteiger partial charge in [0.2, 0.25) is 0 Å². The Kier molecular flexibility index (Phi) is 9.17. The Morgan fingerprint density at radius 2 is 1.89 bits per heavy atom. The van der Waals surface area contributed by atoms with E-state index in [9.17, 15) is 19.8 Å². The van der Waals surface area contributed by atoms with Crippen molar-refractivity contribution in [2.75, 3.05) is 10.6 Å². The van der Waals surface area contributed by atoms with Gasteiger partial charge in [0, 0.05) is 30.4 Å². The molecule has 0 saturated heterocycles. The van der Waals surface area contributed by atoms with Crippen LogP contribution in [0.1, 0.15) is 52.9 Å². The van der Waals surface area contributed by atoms with Gasteiger partial charge in [-0.25, -0.2) is 4.98 Å². The van der Waals surface area contributed by atoms with Crippen molar-refractivity contribution in [3.05, 3.63) is 82.5 Å². The van der Waals surface area contributed by atoms with Gasteiger partial charge in [0.25, 0.3) is 5.91 Å². The summed E-state index contributed by atoms with van der Waals surface area (Å²) in [6.45, 7) is 3.76. The Balaban J connectivity index is 1.86. The normalized spacial score (nSPS) is 10.7. The van der Waals surface area contributed by atoms with Gasteiger partial charge in [0.1, 0.15) is 17.4 Å². The maximum atomic E-state index is 13.0. The first-order valence-electron chi connectivity index (χ1n) is 11.8. The number of nitrogens with one attached hydrogen (secondary N) is 3. The van der Waals surface area contributed by atoms with E-state index in [2.05, 4.69) is 15.6 Å². The summed E-state index contributed by atoms with van der Waals surface area (Å²) in [6, 6.07) is 13.4. The molecule has 0 aliphatic heterocycles. The van der Waals surface area contributed by atoms with Crippen LogP contribution >= 0.6 is 0 Å².